The lowest BCUT2D eigenvalue weighted by atomic mass is 9.70. The minimum absolute atomic E-state index is 0.204. The van der Waals surface area contributed by atoms with E-state index in [4.69, 9.17) is 0 Å². The molecule has 1 N–H and O–H groups in total. The first-order valence-electron chi connectivity index (χ1n) is 12.6. The lowest BCUT2D eigenvalue weighted by Gasteiger charge is -2.52. The number of carbonyl (C=O) groups is 1. The third-order valence-corrected chi connectivity index (χ3v) is 7.71. The van der Waals surface area contributed by atoms with Gasteiger partial charge in [-0.1, -0.05) is 6.07 Å². The number of fused-ring (bicyclic) bond motifs is 1. The Bertz CT molecular complexity index is 1560. The maximum Gasteiger partial charge on any atom is 0.433 e. The SMILES string of the molecule is N#CCC1(n2cc(-c3ncnc4[nH]ccc34)cn2)CC(N2CCN(C(=O)c3cccc(C(F)(F)F)n3)CC2)C1. The van der Waals surface area contributed by atoms with Gasteiger partial charge in [-0.15, -0.1) is 0 Å². The Morgan fingerprint density at radius 3 is 2.69 bits per heavy atom. The number of alkyl halides is 3. The molecule has 39 heavy (non-hydrogen) atoms. The summed E-state index contributed by atoms with van der Waals surface area (Å²) in [6.45, 7) is 1.97. The zero-order chi connectivity index (χ0) is 27.2. The number of amides is 1. The zero-order valence-electron chi connectivity index (χ0n) is 20.8. The number of piperazine rings is 1. The molecular formula is C26H24F3N9O. The van der Waals surface area contributed by atoms with Crippen molar-refractivity contribution < 1.29 is 18.0 Å². The Morgan fingerprint density at radius 1 is 1.15 bits per heavy atom. The molecule has 4 aromatic heterocycles. The molecule has 5 heterocycles. The van der Waals surface area contributed by atoms with Gasteiger partial charge in [-0.3, -0.25) is 14.4 Å². The first-order valence-corrected chi connectivity index (χ1v) is 12.6. The third kappa shape index (κ3) is 4.50. The third-order valence-electron chi connectivity index (χ3n) is 7.71. The van der Waals surface area contributed by atoms with Crippen molar-refractivity contribution in [3.05, 3.63) is 60.6 Å². The number of halogens is 3. The van der Waals surface area contributed by atoms with E-state index in [1.54, 1.807) is 11.1 Å². The number of hydrogen-bond acceptors (Lipinski definition) is 7. The molecule has 4 aromatic rings. The number of nitriles is 1. The van der Waals surface area contributed by atoms with E-state index in [0.29, 0.717) is 32.6 Å². The van der Waals surface area contributed by atoms with Gasteiger partial charge < -0.3 is 9.88 Å². The summed E-state index contributed by atoms with van der Waals surface area (Å²) in [7, 11) is 0. The number of pyridine rings is 1. The van der Waals surface area contributed by atoms with E-state index in [0.717, 1.165) is 41.2 Å². The van der Waals surface area contributed by atoms with Crippen LogP contribution in [-0.4, -0.2) is 77.6 Å². The van der Waals surface area contributed by atoms with Crippen LogP contribution in [0.25, 0.3) is 22.3 Å². The van der Waals surface area contributed by atoms with Gasteiger partial charge in [0.1, 0.15) is 23.4 Å². The predicted molar refractivity (Wildman–Crippen MR) is 133 cm³/mol. The molecule has 10 nitrogen and oxygen atoms in total. The molecule has 0 aromatic carbocycles. The van der Waals surface area contributed by atoms with E-state index in [1.807, 2.05) is 23.1 Å². The molecule has 6 rings (SSSR count). The van der Waals surface area contributed by atoms with E-state index in [1.165, 1.54) is 18.5 Å². The molecule has 13 heteroatoms. The monoisotopic (exact) mass is 535 g/mol. The van der Waals surface area contributed by atoms with Crippen LogP contribution in [0, 0.1) is 11.3 Å². The molecule has 1 saturated carbocycles. The van der Waals surface area contributed by atoms with Crippen LogP contribution in [0.5, 0.6) is 0 Å². The quantitative estimate of drug-likeness (QED) is 0.416. The van der Waals surface area contributed by atoms with Crippen LogP contribution in [0.15, 0.2) is 49.2 Å². The summed E-state index contributed by atoms with van der Waals surface area (Å²) in [5.74, 6) is -0.501. The second kappa shape index (κ2) is 9.46. The van der Waals surface area contributed by atoms with E-state index >= 15 is 0 Å². The average molecular weight is 536 g/mol. The maximum atomic E-state index is 13.0. The number of carbonyl (C=O) groups excluding carboxylic acids is 1. The van der Waals surface area contributed by atoms with Crippen molar-refractivity contribution in [3.8, 4) is 17.3 Å². The maximum absolute atomic E-state index is 13.0. The number of aromatic nitrogens is 6. The van der Waals surface area contributed by atoms with Gasteiger partial charge in [0.05, 0.1) is 29.9 Å². The molecule has 0 radical (unpaired) electrons. The van der Waals surface area contributed by atoms with Crippen LogP contribution in [0.4, 0.5) is 13.2 Å². The normalized spacial score (nSPS) is 22.0. The highest BCUT2D eigenvalue weighted by Crippen LogP contribution is 2.45. The summed E-state index contributed by atoms with van der Waals surface area (Å²) in [6, 6.07) is 7.81. The number of H-pyrrole nitrogens is 1. The number of aromatic amines is 1. The van der Waals surface area contributed by atoms with Gasteiger partial charge in [0.25, 0.3) is 5.91 Å². The van der Waals surface area contributed by atoms with Crippen LogP contribution < -0.4 is 0 Å². The van der Waals surface area contributed by atoms with Gasteiger partial charge in [-0.25, -0.2) is 15.0 Å². The minimum Gasteiger partial charge on any atom is -0.346 e. The van der Waals surface area contributed by atoms with E-state index in [9.17, 15) is 23.2 Å². The standard InChI is InChI=1S/C26H24F3N9O/c27-26(28,29)21-3-1-2-20(35-21)24(39)37-10-8-36(9-11-37)18-12-25(13-18,5-6-30)38-15-17(14-34-38)22-19-4-7-31-23(19)33-16-32-22/h1-4,7,14-16,18H,5,8-13H2,(H,31,32,33). The van der Waals surface area contributed by atoms with Crippen molar-refractivity contribution in [2.45, 2.75) is 37.0 Å². The second-order valence-electron chi connectivity index (χ2n) is 9.99. The largest absolute Gasteiger partial charge is 0.433 e. The smallest absolute Gasteiger partial charge is 0.346 e. The molecule has 2 aliphatic rings. The summed E-state index contributed by atoms with van der Waals surface area (Å²) in [5.41, 5.74) is 0.644. The Morgan fingerprint density at radius 2 is 1.95 bits per heavy atom. The van der Waals surface area contributed by atoms with Crippen LogP contribution in [0.2, 0.25) is 0 Å². The number of rotatable bonds is 5. The summed E-state index contributed by atoms with van der Waals surface area (Å²) in [5, 5.41) is 15.1. The molecule has 2 fully saturated rings. The molecule has 1 aliphatic heterocycles. The molecule has 0 spiro atoms. The van der Waals surface area contributed by atoms with Gasteiger partial charge in [-0.2, -0.15) is 23.5 Å². The lowest BCUT2D eigenvalue weighted by Crippen LogP contribution is -2.60. The first kappa shape index (κ1) is 25.0. The van der Waals surface area contributed by atoms with E-state index in [2.05, 4.69) is 36.0 Å². The van der Waals surface area contributed by atoms with Crippen molar-refractivity contribution in [2.75, 3.05) is 26.2 Å². The van der Waals surface area contributed by atoms with Gasteiger partial charge in [0.15, 0.2) is 0 Å². The Balaban J connectivity index is 1.11. The number of hydrogen-bond donors (Lipinski definition) is 1. The summed E-state index contributed by atoms with van der Waals surface area (Å²) < 4.78 is 40.9. The zero-order valence-corrected chi connectivity index (χ0v) is 20.8. The minimum atomic E-state index is -4.60. The fourth-order valence-electron chi connectivity index (χ4n) is 5.61. The summed E-state index contributed by atoms with van der Waals surface area (Å²) >= 11 is 0. The highest BCUT2D eigenvalue weighted by molar-refractivity contribution is 5.92. The molecular weight excluding hydrogens is 511 g/mol. The molecule has 1 aliphatic carbocycles. The van der Waals surface area contributed by atoms with Crippen molar-refractivity contribution >= 4 is 16.9 Å². The second-order valence-corrected chi connectivity index (χ2v) is 9.99. The summed E-state index contributed by atoms with van der Waals surface area (Å²) in [6.07, 6.45) is 4.17. The number of nitrogens with zero attached hydrogens (tertiary/aromatic N) is 8. The van der Waals surface area contributed by atoms with Crippen LogP contribution >= 0.6 is 0 Å². The van der Waals surface area contributed by atoms with Gasteiger partial charge in [0, 0.05) is 55.6 Å². The molecule has 0 atom stereocenters. The summed E-state index contributed by atoms with van der Waals surface area (Å²) in [4.78, 5) is 31.9. The van der Waals surface area contributed by atoms with Crippen molar-refractivity contribution in [3.63, 3.8) is 0 Å². The lowest BCUT2D eigenvalue weighted by molar-refractivity contribution is -0.141. The van der Waals surface area contributed by atoms with Crippen LogP contribution in [0.1, 0.15) is 35.4 Å². The fraction of sp³-hybridized carbons (Fsp3) is 0.385. The topological polar surface area (TPSA) is 120 Å². The molecule has 1 amide bonds. The van der Waals surface area contributed by atoms with Crippen molar-refractivity contribution in [2.24, 2.45) is 0 Å². The molecule has 0 unspecified atom stereocenters. The first-order chi connectivity index (χ1) is 18.8. The fourth-order valence-corrected chi connectivity index (χ4v) is 5.61. The van der Waals surface area contributed by atoms with E-state index < -0.39 is 23.3 Å². The van der Waals surface area contributed by atoms with Crippen molar-refractivity contribution in [1.29, 1.82) is 5.26 Å². The van der Waals surface area contributed by atoms with Gasteiger partial charge >= 0.3 is 6.18 Å². The average Bonchev–Trinajstić information content (AvgIpc) is 3.60. The number of nitrogens with one attached hydrogen (secondary N) is 1. The van der Waals surface area contributed by atoms with Gasteiger partial charge in [0.2, 0.25) is 0 Å². The highest BCUT2D eigenvalue weighted by Gasteiger charge is 2.49. The van der Waals surface area contributed by atoms with Gasteiger partial charge in [-0.05, 0) is 31.0 Å². The van der Waals surface area contributed by atoms with Crippen LogP contribution in [-0.2, 0) is 11.7 Å². The molecule has 0 bridgehead atoms. The molecule has 200 valence electrons. The molecule has 1 saturated heterocycles. The Kier molecular flexibility index (Phi) is 6.06. The Hall–Kier alpha value is -4.31. The highest BCUT2D eigenvalue weighted by atomic mass is 19.4. The van der Waals surface area contributed by atoms with E-state index in [-0.39, 0.29) is 11.7 Å². The van der Waals surface area contributed by atoms with Crippen LogP contribution in [0.3, 0.4) is 0 Å². The predicted octanol–water partition coefficient (Wildman–Crippen LogP) is 3.46. The Labute approximate surface area is 221 Å². The van der Waals surface area contributed by atoms with Crippen molar-refractivity contribution in [1.82, 2.24) is 39.5 Å².